The van der Waals surface area contributed by atoms with Gasteiger partial charge in [-0.2, -0.15) is 4.39 Å². The maximum absolute atomic E-state index is 13.1. The summed E-state index contributed by atoms with van der Waals surface area (Å²) in [6, 6.07) is 4.44. The first-order chi connectivity index (χ1) is 6.66. The topological polar surface area (TPSA) is 54.6 Å². The molecule has 2 aromatic rings. The molecule has 5 heteroatoms. The van der Waals surface area contributed by atoms with Crippen LogP contribution in [0.3, 0.4) is 0 Å². The number of halogens is 1. The van der Waals surface area contributed by atoms with Gasteiger partial charge >= 0.3 is 5.97 Å². The molecule has 0 spiro atoms. The van der Waals surface area contributed by atoms with Crippen LogP contribution in [-0.4, -0.2) is 20.5 Å². The first-order valence-electron chi connectivity index (χ1n) is 4.01. The molecule has 0 radical (unpaired) electrons. The fraction of sp³-hybridized carbons (Fsp3) is 0.111. The Balaban J connectivity index is 2.51. The molecule has 0 aliphatic rings. The highest BCUT2D eigenvalue weighted by Crippen LogP contribution is 2.08. The number of hydrogen-bond acceptors (Lipinski definition) is 2. The van der Waals surface area contributed by atoms with E-state index in [4.69, 9.17) is 5.11 Å². The molecule has 0 saturated heterocycles. The molecule has 2 aromatic heterocycles. The highest BCUT2D eigenvalue weighted by molar-refractivity contribution is 5.69. The molecule has 0 aromatic carbocycles. The van der Waals surface area contributed by atoms with E-state index in [1.165, 1.54) is 22.7 Å². The van der Waals surface area contributed by atoms with Gasteiger partial charge in [-0.25, -0.2) is 4.98 Å². The lowest BCUT2D eigenvalue weighted by Gasteiger charge is -1.91. The Bertz CT molecular complexity index is 493. The number of hydrogen-bond donors (Lipinski definition) is 1. The quantitative estimate of drug-likeness (QED) is 0.728. The molecule has 4 nitrogen and oxygen atoms in total. The van der Waals surface area contributed by atoms with Crippen molar-refractivity contribution in [1.82, 2.24) is 9.38 Å². The molecule has 14 heavy (non-hydrogen) atoms. The first kappa shape index (κ1) is 8.68. The second-order valence-corrected chi connectivity index (χ2v) is 2.88. The summed E-state index contributed by atoms with van der Waals surface area (Å²) in [4.78, 5) is 14.3. The second kappa shape index (κ2) is 3.10. The standard InChI is InChI=1S/C9H7FN2O2/c10-7-2-1-3-8-11-6(4-9(13)14)5-12(7)8/h1-3,5H,4H2,(H,13,14). The normalized spacial score (nSPS) is 10.6. The largest absolute Gasteiger partial charge is 0.481 e. The summed E-state index contributed by atoms with van der Waals surface area (Å²) in [7, 11) is 0. The first-order valence-corrected chi connectivity index (χ1v) is 4.01. The smallest absolute Gasteiger partial charge is 0.309 e. The molecule has 0 saturated carbocycles. The predicted octanol–water partition coefficient (Wildman–Crippen LogP) is 1.10. The lowest BCUT2D eigenvalue weighted by atomic mass is 10.3. The van der Waals surface area contributed by atoms with Gasteiger partial charge in [0, 0.05) is 6.20 Å². The molecule has 0 unspecified atom stereocenters. The van der Waals surface area contributed by atoms with Crippen LogP contribution in [0.4, 0.5) is 4.39 Å². The zero-order valence-corrected chi connectivity index (χ0v) is 7.14. The fourth-order valence-electron chi connectivity index (χ4n) is 1.27. The second-order valence-electron chi connectivity index (χ2n) is 2.88. The minimum Gasteiger partial charge on any atom is -0.481 e. The third kappa shape index (κ3) is 1.44. The summed E-state index contributed by atoms with van der Waals surface area (Å²) in [5, 5.41) is 8.52. The van der Waals surface area contributed by atoms with E-state index < -0.39 is 11.9 Å². The van der Waals surface area contributed by atoms with Gasteiger partial charge in [-0.05, 0) is 12.1 Å². The Morgan fingerprint density at radius 2 is 2.36 bits per heavy atom. The summed E-state index contributed by atoms with van der Waals surface area (Å²) in [5.41, 5.74) is 0.767. The van der Waals surface area contributed by atoms with Gasteiger partial charge in [-0.3, -0.25) is 9.20 Å². The SMILES string of the molecule is O=C(O)Cc1cn2c(F)cccc2n1. The number of pyridine rings is 1. The van der Waals surface area contributed by atoms with Gasteiger partial charge in [-0.15, -0.1) is 0 Å². The number of aliphatic carboxylic acids is 1. The number of fused-ring (bicyclic) bond motifs is 1. The van der Waals surface area contributed by atoms with E-state index in [0.717, 1.165) is 0 Å². The number of carbonyl (C=O) groups is 1. The summed E-state index contributed by atoms with van der Waals surface area (Å²) in [6.07, 6.45) is 1.19. The van der Waals surface area contributed by atoms with Crippen LogP contribution in [0.2, 0.25) is 0 Å². The van der Waals surface area contributed by atoms with Crippen LogP contribution in [0.15, 0.2) is 24.4 Å². The Hall–Kier alpha value is -1.91. The van der Waals surface area contributed by atoms with Crippen molar-refractivity contribution < 1.29 is 14.3 Å². The Morgan fingerprint density at radius 3 is 3.00 bits per heavy atom. The molecule has 2 rings (SSSR count). The van der Waals surface area contributed by atoms with Gasteiger partial charge in [0.05, 0.1) is 12.1 Å². The fourth-order valence-corrected chi connectivity index (χ4v) is 1.27. The van der Waals surface area contributed by atoms with Crippen molar-refractivity contribution in [3.63, 3.8) is 0 Å². The molecule has 0 fully saturated rings. The van der Waals surface area contributed by atoms with Crippen molar-refractivity contribution in [3.05, 3.63) is 36.0 Å². The summed E-state index contributed by atoms with van der Waals surface area (Å²) in [6.45, 7) is 0. The zero-order valence-electron chi connectivity index (χ0n) is 7.14. The minimum atomic E-state index is -0.978. The van der Waals surface area contributed by atoms with Crippen LogP contribution in [0.25, 0.3) is 5.65 Å². The number of imidazole rings is 1. The van der Waals surface area contributed by atoms with Gasteiger partial charge in [0.1, 0.15) is 5.65 Å². The van der Waals surface area contributed by atoms with Crippen molar-refractivity contribution in [3.8, 4) is 0 Å². The third-order valence-electron chi connectivity index (χ3n) is 1.82. The van der Waals surface area contributed by atoms with E-state index in [1.54, 1.807) is 6.07 Å². The van der Waals surface area contributed by atoms with Crippen LogP contribution in [0.1, 0.15) is 5.69 Å². The van der Waals surface area contributed by atoms with Gasteiger partial charge < -0.3 is 5.11 Å². The molecule has 0 aliphatic heterocycles. The molecule has 0 bridgehead atoms. The maximum atomic E-state index is 13.1. The van der Waals surface area contributed by atoms with Gasteiger partial charge in [0.15, 0.2) is 5.95 Å². The molecule has 1 N–H and O–H groups in total. The van der Waals surface area contributed by atoms with E-state index in [-0.39, 0.29) is 6.42 Å². The molecule has 2 heterocycles. The van der Waals surface area contributed by atoms with Crippen LogP contribution in [0.5, 0.6) is 0 Å². The Labute approximate surface area is 78.6 Å². The maximum Gasteiger partial charge on any atom is 0.309 e. The van der Waals surface area contributed by atoms with E-state index >= 15 is 0 Å². The van der Waals surface area contributed by atoms with Crippen molar-refractivity contribution >= 4 is 11.6 Å². The van der Waals surface area contributed by atoms with Crippen molar-refractivity contribution in [2.45, 2.75) is 6.42 Å². The van der Waals surface area contributed by atoms with Crippen LogP contribution >= 0.6 is 0 Å². The summed E-state index contributed by atoms with van der Waals surface area (Å²) >= 11 is 0. The van der Waals surface area contributed by atoms with E-state index in [0.29, 0.717) is 11.3 Å². The van der Waals surface area contributed by atoms with Crippen LogP contribution in [0, 0.1) is 5.95 Å². The van der Waals surface area contributed by atoms with E-state index in [9.17, 15) is 9.18 Å². The third-order valence-corrected chi connectivity index (χ3v) is 1.82. The molecule has 0 amide bonds. The number of carboxylic acids is 1. The van der Waals surface area contributed by atoms with Crippen molar-refractivity contribution in [2.75, 3.05) is 0 Å². The van der Waals surface area contributed by atoms with E-state index in [1.807, 2.05) is 0 Å². The number of carboxylic acid groups (broad SMARTS) is 1. The highest BCUT2D eigenvalue weighted by atomic mass is 19.1. The number of rotatable bonds is 2. The van der Waals surface area contributed by atoms with E-state index in [2.05, 4.69) is 4.98 Å². The molecular formula is C9H7FN2O2. The molecule has 0 aliphatic carbocycles. The summed E-state index contributed by atoms with van der Waals surface area (Å²) < 4.78 is 14.3. The average molecular weight is 194 g/mol. The molecular weight excluding hydrogens is 187 g/mol. The number of nitrogens with zero attached hydrogens (tertiary/aromatic N) is 2. The lowest BCUT2D eigenvalue weighted by molar-refractivity contribution is -0.136. The van der Waals surface area contributed by atoms with Crippen LogP contribution < -0.4 is 0 Å². The summed E-state index contributed by atoms with van der Waals surface area (Å²) in [5.74, 6) is -1.43. The Kier molecular flexibility index (Phi) is 1.92. The minimum absolute atomic E-state index is 0.193. The highest BCUT2D eigenvalue weighted by Gasteiger charge is 2.07. The van der Waals surface area contributed by atoms with Gasteiger partial charge in [-0.1, -0.05) is 6.07 Å². The Morgan fingerprint density at radius 1 is 1.57 bits per heavy atom. The predicted molar refractivity (Wildman–Crippen MR) is 46.5 cm³/mol. The zero-order chi connectivity index (χ0) is 10.1. The average Bonchev–Trinajstić information content (AvgIpc) is 2.47. The lowest BCUT2D eigenvalue weighted by Crippen LogP contribution is -1.99. The monoisotopic (exact) mass is 194 g/mol. The van der Waals surface area contributed by atoms with Crippen LogP contribution in [-0.2, 0) is 11.2 Å². The van der Waals surface area contributed by atoms with Gasteiger partial charge in [0.2, 0.25) is 0 Å². The van der Waals surface area contributed by atoms with Crippen molar-refractivity contribution in [1.29, 1.82) is 0 Å². The van der Waals surface area contributed by atoms with Crippen molar-refractivity contribution in [2.24, 2.45) is 0 Å². The molecule has 0 atom stereocenters. The van der Waals surface area contributed by atoms with Gasteiger partial charge in [0.25, 0.3) is 0 Å². The number of aromatic nitrogens is 2. The molecule has 72 valence electrons.